The Balaban J connectivity index is 2.13. The monoisotopic (exact) mass is 285 g/mol. The third-order valence-corrected chi connectivity index (χ3v) is 4.04. The Bertz CT molecular complexity index is 597. The molecule has 2 rings (SSSR count). The lowest BCUT2D eigenvalue weighted by atomic mass is 10.1. The van der Waals surface area contributed by atoms with Crippen molar-refractivity contribution in [2.45, 2.75) is 53.6 Å². The van der Waals surface area contributed by atoms with Crippen LogP contribution in [0.15, 0.2) is 24.3 Å². The van der Waals surface area contributed by atoms with Crippen LogP contribution >= 0.6 is 0 Å². The normalized spacial score (nSPS) is 11.3. The Labute approximate surface area is 128 Å². The summed E-state index contributed by atoms with van der Waals surface area (Å²) in [6.45, 7) is 12.7. The highest BCUT2D eigenvalue weighted by atomic mass is 15.3. The topological polar surface area (TPSA) is 29.9 Å². The summed E-state index contributed by atoms with van der Waals surface area (Å²) >= 11 is 0. The first-order valence-electron chi connectivity index (χ1n) is 7.79. The van der Waals surface area contributed by atoms with Crippen LogP contribution in [0.2, 0.25) is 0 Å². The van der Waals surface area contributed by atoms with Gasteiger partial charge in [0.15, 0.2) is 0 Å². The summed E-state index contributed by atoms with van der Waals surface area (Å²) in [5.74, 6) is 0. The molecule has 0 atom stereocenters. The lowest BCUT2D eigenvalue weighted by Gasteiger charge is -2.09. The molecule has 1 N–H and O–H groups in total. The molecule has 1 aromatic carbocycles. The van der Waals surface area contributed by atoms with Crippen molar-refractivity contribution in [3.63, 3.8) is 0 Å². The van der Waals surface area contributed by atoms with Crippen molar-refractivity contribution in [1.82, 2.24) is 15.1 Å². The van der Waals surface area contributed by atoms with Gasteiger partial charge in [-0.3, -0.25) is 4.68 Å². The zero-order chi connectivity index (χ0) is 15.4. The van der Waals surface area contributed by atoms with Gasteiger partial charge in [0.2, 0.25) is 0 Å². The van der Waals surface area contributed by atoms with E-state index in [-0.39, 0.29) is 0 Å². The van der Waals surface area contributed by atoms with Crippen LogP contribution < -0.4 is 5.32 Å². The second-order valence-corrected chi connectivity index (χ2v) is 6.09. The lowest BCUT2D eigenvalue weighted by Crippen LogP contribution is -2.25. The maximum absolute atomic E-state index is 4.73. The minimum absolute atomic E-state index is 0.535. The molecule has 3 heteroatoms. The van der Waals surface area contributed by atoms with Crippen molar-refractivity contribution in [3.05, 3.63) is 52.3 Å². The molecule has 0 radical (unpaired) electrons. The van der Waals surface area contributed by atoms with E-state index < -0.39 is 0 Å². The predicted octanol–water partition coefficient (Wildman–Crippen LogP) is 3.40. The molecule has 0 aliphatic heterocycles. The van der Waals surface area contributed by atoms with E-state index in [1.807, 2.05) is 0 Å². The van der Waals surface area contributed by atoms with Gasteiger partial charge in [0.25, 0.3) is 0 Å². The van der Waals surface area contributed by atoms with Crippen LogP contribution in [-0.4, -0.2) is 22.4 Å². The van der Waals surface area contributed by atoms with Crippen LogP contribution in [0, 0.1) is 20.8 Å². The van der Waals surface area contributed by atoms with Crippen molar-refractivity contribution in [2.24, 2.45) is 0 Å². The molecule has 1 heterocycles. The van der Waals surface area contributed by atoms with Crippen molar-refractivity contribution in [3.8, 4) is 0 Å². The first-order valence-corrected chi connectivity index (χ1v) is 7.79. The number of nitrogens with one attached hydrogen (secondary N) is 1. The van der Waals surface area contributed by atoms with Crippen LogP contribution in [0.3, 0.4) is 0 Å². The Hall–Kier alpha value is -1.61. The average Bonchev–Trinajstić information content (AvgIpc) is 2.68. The smallest absolute Gasteiger partial charge is 0.0665 e. The van der Waals surface area contributed by atoms with Crippen LogP contribution in [-0.2, 0) is 13.0 Å². The van der Waals surface area contributed by atoms with Gasteiger partial charge in [-0.25, -0.2) is 0 Å². The van der Waals surface area contributed by atoms with Gasteiger partial charge in [-0.2, -0.15) is 5.10 Å². The number of nitrogens with zero attached hydrogens (tertiary/aromatic N) is 2. The number of aromatic nitrogens is 2. The minimum atomic E-state index is 0.535. The maximum atomic E-state index is 4.73. The molecule has 0 aliphatic rings. The summed E-state index contributed by atoms with van der Waals surface area (Å²) in [5, 5.41) is 8.21. The van der Waals surface area contributed by atoms with Crippen molar-refractivity contribution in [2.75, 3.05) is 6.54 Å². The quantitative estimate of drug-likeness (QED) is 0.881. The van der Waals surface area contributed by atoms with E-state index >= 15 is 0 Å². The van der Waals surface area contributed by atoms with Crippen molar-refractivity contribution < 1.29 is 0 Å². The molecule has 21 heavy (non-hydrogen) atoms. The second kappa shape index (κ2) is 6.90. The molecular formula is C18H27N3. The van der Waals surface area contributed by atoms with E-state index in [9.17, 15) is 0 Å². The molecule has 1 aromatic heterocycles. The Kier molecular flexibility index (Phi) is 5.18. The molecule has 0 saturated carbocycles. The Morgan fingerprint density at radius 1 is 1.14 bits per heavy atom. The predicted molar refractivity (Wildman–Crippen MR) is 88.8 cm³/mol. The summed E-state index contributed by atoms with van der Waals surface area (Å²) < 4.78 is 2.14. The summed E-state index contributed by atoms with van der Waals surface area (Å²) in [4.78, 5) is 0. The van der Waals surface area contributed by atoms with Crippen LogP contribution in [0.25, 0.3) is 0 Å². The number of aryl methyl sites for hydroxylation is 2. The number of hydrogen-bond acceptors (Lipinski definition) is 2. The van der Waals surface area contributed by atoms with Crippen LogP contribution in [0.1, 0.15) is 41.9 Å². The number of rotatable bonds is 6. The molecule has 0 spiro atoms. The molecule has 0 bridgehead atoms. The summed E-state index contributed by atoms with van der Waals surface area (Å²) in [5.41, 5.74) is 6.51. The molecule has 0 fully saturated rings. The SMILES string of the molecule is Cc1ccccc1Cn1nc(C)c(CCNC(C)C)c1C. The Morgan fingerprint density at radius 3 is 2.52 bits per heavy atom. The van der Waals surface area contributed by atoms with E-state index in [0.29, 0.717) is 6.04 Å². The molecule has 114 valence electrons. The van der Waals surface area contributed by atoms with Crippen LogP contribution in [0.4, 0.5) is 0 Å². The molecule has 0 saturated heterocycles. The second-order valence-electron chi connectivity index (χ2n) is 6.09. The van der Waals surface area contributed by atoms with E-state index in [1.54, 1.807) is 0 Å². The zero-order valence-electron chi connectivity index (χ0n) is 13.9. The Morgan fingerprint density at radius 2 is 1.86 bits per heavy atom. The fourth-order valence-electron chi connectivity index (χ4n) is 2.68. The molecule has 2 aromatic rings. The highest BCUT2D eigenvalue weighted by Crippen LogP contribution is 2.16. The number of hydrogen-bond donors (Lipinski definition) is 1. The minimum Gasteiger partial charge on any atom is -0.314 e. The van der Waals surface area contributed by atoms with E-state index in [0.717, 1.165) is 25.2 Å². The highest BCUT2D eigenvalue weighted by Gasteiger charge is 2.12. The molecule has 3 nitrogen and oxygen atoms in total. The molecule has 0 unspecified atom stereocenters. The zero-order valence-corrected chi connectivity index (χ0v) is 13.9. The van der Waals surface area contributed by atoms with Crippen LogP contribution in [0.5, 0.6) is 0 Å². The average molecular weight is 285 g/mol. The molecule has 0 amide bonds. The highest BCUT2D eigenvalue weighted by molar-refractivity contribution is 5.29. The van der Waals surface area contributed by atoms with Gasteiger partial charge in [-0.05, 0) is 50.4 Å². The molecular weight excluding hydrogens is 258 g/mol. The van der Waals surface area contributed by atoms with E-state index in [1.165, 1.54) is 22.4 Å². The van der Waals surface area contributed by atoms with E-state index in [4.69, 9.17) is 5.10 Å². The van der Waals surface area contributed by atoms with Gasteiger partial charge >= 0.3 is 0 Å². The van der Waals surface area contributed by atoms with Crippen molar-refractivity contribution in [1.29, 1.82) is 0 Å². The third kappa shape index (κ3) is 3.94. The first kappa shape index (κ1) is 15.8. The molecule has 0 aliphatic carbocycles. The lowest BCUT2D eigenvalue weighted by molar-refractivity contribution is 0.588. The van der Waals surface area contributed by atoms with Gasteiger partial charge in [0.1, 0.15) is 0 Å². The largest absolute Gasteiger partial charge is 0.314 e. The third-order valence-electron chi connectivity index (χ3n) is 4.04. The number of benzene rings is 1. The van der Waals surface area contributed by atoms with Gasteiger partial charge in [-0.15, -0.1) is 0 Å². The fourth-order valence-corrected chi connectivity index (χ4v) is 2.68. The fraction of sp³-hybridized carbons (Fsp3) is 0.500. The standard InChI is InChI=1S/C18H27N3/c1-13(2)19-11-10-18-15(4)20-21(16(18)5)12-17-9-7-6-8-14(17)3/h6-9,13,19H,10-12H2,1-5H3. The van der Waals surface area contributed by atoms with E-state index in [2.05, 4.69) is 68.9 Å². The van der Waals surface area contributed by atoms with Crippen molar-refractivity contribution >= 4 is 0 Å². The van der Waals surface area contributed by atoms with Gasteiger partial charge in [0, 0.05) is 11.7 Å². The summed E-state index contributed by atoms with van der Waals surface area (Å²) in [7, 11) is 0. The maximum Gasteiger partial charge on any atom is 0.0665 e. The van der Waals surface area contributed by atoms with Gasteiger partial charge < -0.3 is 5.32 Å². The summed E-state index contributed by atoms with van der Waals surface area (Å²) in [6.07, 6.45) is 1.05. The summed E-state index contributed by atoms with van der Waals surface area (Å²) in [6, 6.07) is 9.07. The van der Waals surface area contributed by atoms with Gasteiger partial charge in [0.05, 0.1) is 12.2 Å². The van der Waals surface area contributed by atoms with Gasteiger partial charge in [-0.1, -0.05) is 38.1 Å². The first-order chi connectivity index (χ1) is 9.99.